The molecule has 1 aliphatic carbocycles. The summed E-state index contributed by atoms with van der Waals surface area (Å²) >= 11 is 0. The summed E-state index contributed by atoms with van der Waals surface area (Å²) in [4.78, 5) is 0. The van der Waals surface area contributed by atoms with Crippen LogP contribution in [0.15, 0.2) is 36.4 Å². The third-order valence-electron chi connectivity index (χ3n) is 4.50. The molecule has 2 aromatic rings. The van der Waals surface area contributed by atoms with E-state index in [1.54, 1.807) is 0 Å². The number of nitrogens with two attached hydrogens (primary N) is 1. The van der Waals surface area contributed by atoms with E-state index in [0.717, 1.165) is 25.0 Å². The van der Waals surface area contributed by atoms with Crippen molar-refractivity contribution in [3.63, 3.8) is 0 Å². The molecule has 2 unspecified atom stereocenters. The Balaban J connectivity index is 1.74. The summed E-state index contributed by atoms with van der Waals surface area (Å²) in [5.41, 5.74) is 12.8. The second-order valence-corrected chi connectivity index (χ2v) is 6.01. The maximum Gasteiger partial charge on any atom is 0.123 e. The Morgan fingerprint density at radius 2 is 1.80 bits per heavy atom. The minimum atomic E-state index is 0.230. The average molecular weight is 265 g/mol. The molecule has 102 valence electrons. The van der Waals surface area contributed by atoms with Crippen LogP contribution in [0.3, 0.4) is 0 Å². The number of hydrogen-bond donors (Lipinski definition) is 1. The summed E-state index contributed by atoms with van der Waals surface area (Å²) in [7, 11) is 0. The van der Waals surface area contributed by atoms with Crippen LogP contribution in [-0.4, -0.2) is 6.10 Å². The van der Waals surface area contributed by atoms with Gasteiger partial charge in [0.15, 0.2) is 0 Å². The molecule has 0 saturated carbocycles. The molecule has 0 aromatic heterocycles. The van der Waals surface area contributed by atoms with E-state index in [4.69, 9.17) is 10.5 Å². The predicted molar refractivity (Wildman–Crippen MR) is 80.9 cm³/mol. The average Bonchev–Trinajstić information content (AvgIpc) is 3.00. The van der Waals surface area contributed by atoms with Gasteiger partial charge < -0.3 is 10.5 Å². The second-order valence-electron chi connectivity index (χ2n) is 6.01. The Labute approximate surface area is 119 Å². The van der Waals surface area contributed by atoms with Crippen LogP contribution in [0.2, 0.25) is 0 Å². The zero-order valence-electron chi connectivity index (χ0n) is 11.7. The monoisotopic (exact) mass is 265 g/mol. The molecule has 2 aromatic carbocycles. The first kappa shape index (κ1) is 12.0. The summed E-state index contributed by atoms with van der Waals surface area (Å²) in [6.07, 6.45) is 3.50. The number of hydrogen-bond acceptors (Lipinski definition) is 2. The molecule has 2 heteroatoms. The highest BCUT2D eigenvalue weighted by molar-refractivity contribution is 5.68. The van der Waals surface area contributed by atoms with Gasteiger partial charge in [-0.1, -0.05) is 24.3 Å². The van der Waals surface area contributed by atoms with Gasteiger partial charge in [0, 0.05) is 12.5 Å². The van der Waals surface area contributed by atoms with Crippen LogP contribution in [0.1, 0.15) is 36.1 Å². The number of fused-ring (bicyclic) bond motifs is 2. The van der Waals surface area contributed by atoms with E-state index in [1.807, 2.05) is 0 Å². The Morgan fingerprint density at radius 1 is 1.05 bits per heavy atom. The summed E-state index contributed by atoms with van der Waals surface area (Å²) in [6.45, 7) is 2.12. The highest BCUT2D eigenvalue weighted by Crippen LogP contribution is 2.36. The number of aryl methyl sites for hydroxylation is 1. The third-order valence-corrected chi connectivity index (χ3v) is 4.50. The van der Waals surface area contributed by atoms with Gasteiger partial charge in [-0.05, 0) is 59.7 Å². The van der Waals surface area contributed by atoms with Crippen molar-refractivity contribution < 1.29 is 4.74 Å². The highest BCUT2D eigenvalue weighted by atomic mass is 16.5. The molecule has 0 fully saturated rings. The fourth-order valence-corrected chi connectivity index (χ4v) is 3.43. The number of rotatable bonds is 1. The number of ether oxygens (including phenoxy) is 1. The summed E-state index contributed by atoms with van der Waals surface area (Å²) in [6, 6.07) is 13.5. The smallest absolute Gasteiger partial charge is 0.123 e. The van der Waals surface area contributed by atoms with Crippen LogP contribution < -0.4 is 10.5 Å². The molecule has 0 spiro atoms. The topological polar surface area (TPSA) is 35.2 Å². The van der Waals surface area contributed by atoms with Gasteiger partial charge in [-0.25, -0.2) is 0 Å². The lowest BCUT2D eigenvalue weighted by atomic mass is 9.97. The van der Waals surface area contributed by atoms with E-state index in [0.29, 0.717) is 6.10 Å². The van der Waals surface area contributed by atoms with Gasteiger partial charge in [-0.15, -0.1) is 0 Å². The second kappa shape index (κ2) is 4.35. The summed E-state index contributed by atoms with van der Waals surface area (Å²) in [5.74, 6) is 1.05. The molecule has 20 heavy (non-hydrogen) atoms. The van der Waals surface area contributed by atoms with Crippen LogP contribution in [0.5, 0.6) is 5.75 Å². The minimum Gasteiger partial charge on any atom is -0.490 e. The van der Waals surface area contributed by atoms with Gasteiger partial charge >= 0.3 is 0 Å². The molecular weight excluding hydrogens is 246 g/mol. The fourth-order valence-electron chi connectivity index (χ4n) is 3.43. The molecule has 0 saturated heterocycles. The van der Waals surface area contributed by atoms with Crippen LogP contribution >= 0.6 is 0 Å². The van der Waals surface area contributed by atoms with Crippen molar-refractivity contribution in [2.75, 3.05) is 0 Å². The van der Waals surface area contributed by atoms with Crippen LogP contribution in [0.25, 0.3) is 11.1 Å². The van der Waals surface area contributed by atoms with Crippen molar-refractivity contribution >= 4 is 0 Å². The van der Waals surface area contributed by atoms with Crippen molar-refractivity contribution in [2.24, 2.45) is 5.73 Å². The molecule has 2 nitrogen and oxygen atoms in total. The fraction of sp³-hybridized carbons (Fsp3) is 0.333. The summed E-state index contributed by atoms with van der Waals surface area (Å²) < 4.78 is 5.77. The molecule has 0 radical (unpaired) electrons. The first-order valence-electron chi connectivity index (χ1n) is 7.39. The van der Waals surface area contributed by atoms with Crippen LogP contribution in [0.4, 0.5) is 0 Å². The Kier molecular flexibility index (Phi) is 2.61. The van der Waals surface area contributed by atoms with Crippen molar-refractivity contribution in [1.82, 2.24) is 0 Å². The zero-order chi connectivity index (χ0) is 13.7. The lowest BCUT2D eigenvalue weighted by molar-refractivity contribution is 0.254. The van der Waals surface area contributed by atoms with Crippen LogP contribution in [-0.2, 0) is 12.8 Å². The normalized spacial score (nSPS) is 23.3. The maximum absolute atomic E-state index is 6.11. The lowest BCUT2D eigenvalue weighted by Gasteiger charge is -2.08. The predicted octanol–water partition coefficient (Wildman–Crippen LogP) is 3.62. The molecule has 0 amide bonds. The van der Waals surface area contributed by atoms with Gasteiger partial charge in [-0.2, -0.15) is 0 Å². The Morgan fingerprint density at radius 3 is 2.65 bits per heavy atom. The van der Waals surface area contributed by atoms with E-state index >= 15 is 0 Å². The van der Waals surface area contributed by atoms with Gasteiger partial charge in [0.05, 0.1) is 0 Å². The summed E-state index contributed by atoms with van der Waals surface area (Å²) in [5, 5.41) is 0. The van der Waals surface area contributed by atoms with E-state index in [9.17, 15) is 0 Å². The first-order chi connectivity index (χ1) is 9.70. The Bertz CT molecular complexity index is 677. The molecule has 4 rings (SSSR count). The maximum atomic E-state index is 6.11. The van der Waals surface area contributed by atoms with Gasteiger partial charge in [0.1, 0.15) is 11.9 Å². The molecular formula is C18H19NO. The molecule has 2 N–H and O–H groups in total. The largest absolute Gasteiger partial charge is 0.490 e. The van der Waals surface area contributed by atoms with Gasteiger partial charge in [-0.3, -0.25) is 0 Å². The molecule has 1 aliphatic heterocycles. The SMILES string of the molecule is CC1Cc2cc(-c3ccc4c(c3)CCC4N)ccc2O1. The van der Waals surface area contributed by atoms with E-state index in [-0.39, 0.29) is 6.04 Å². The van der Waals surface area contributed by atoms with Crippen molar-refractivity contribution in [3.8, 4) is 16.9 Å². The van der Waals surface area contributed by atoms with Crippen LogP contribution in [0, 0.1) is 0 Å². The standard InChI is InChI=1S/C18H19NO/c1-11-8-15-10-13(4-7-18(15)20-11)12-2-5-16-14(9-12)3-6-17(16)19/h2,4-5,7,9-11,17H,3,6,8,19H2,1H3. The third kappa shape index (κ3) is 1.83. The molecule has 2 aliphatic rings. The van der Waals surface area contributed by atoms with Crippen molar-refractivity contribution in [1.29, 1.82) is 0 Å². The van der Waals surface area contributed by atoms with Crippen molar-refractivity contribution in [3.05, 3.63) is 53.1 Å². The molecule has 0 bridgehead atoms. The van der Waals surface area contributed by atoms with Gasteiger partial charge in [0.25, 0.3) is 0 Å². The van der Waals surface area contributed by atoms with Gasteiger partial charge in [0.2, 0.25) is 0 Å². The highest BCUT2D eigenvalue weighted by Gasteiger charge is 2.21. The van der Waals surface area contributed by atoms with Crippen molar-refractivity contribution in [2.45, 2.75) is 38.3 Å². The Hall–Kier alpha value is -1.80. The number of benzene rings is 2. The van der Waals surface area contributed by atoms with E-state index < -0.39 is 0 Å². The molecule has 1 heterocycles. The molecule has 2 atom stereocenters. The zero-order valence-corrected chi connectivity index (χ0v) is 11.7. The van der Waals surface area contributed by atoms with E-state index in [1.165, 1.54) is 27.8 Å². The first-order valence-corrected chi connectivity index (χ1v) is 7.39. The lowest BCUT2D eigenvalue weighted by Crippen LogP contribution is -2.05. The van der Waals surface area contributed by atoms with E-state index in [2.05, 4.69) is 43.3 Å². The quantitative estimate of drug-likeness (QED) is 0.854. The minimum absolute atomic E-state index is 0.230.